The van der Waals surface area contributed by atoms with Crippen LogP contribution in [-0.4, -0.2) is 53.6 Å². The topological polar surface area (TPSA) is 63.7 Å². The number of nitrogens with zero attached hydrogens (tertiary/aromatic N) is 1. The van der Waals surface area contributed by atoms with E-state index in [1.165, 1.54) is 12.0 Å². The summed E-state index contributed by atoms with van der Waals surface area (Å²) in [6.45, 7) is 10.8. The molecule has 5 heteroatoms. The summed E-state index contributed by atoms with van der Waals surface area (Å²) in [6.07, 6.45) is 11.2. The summed E-state index contributed by atoms with van der Waals surface area (Å²) < 4.78 is 7.22. The molecule has 0 bridgehead atoms. The van der Waals surface area contributed by atoms with Crippen molar-refractivity contribution in [2.75, 3.05) is 13.1 Å². The first-order chi connectivity index (χ1) is 20.1. The predicted molar refractivity (Wildman–Crippen MR) is 163 cm³/mol. The number of fused-ring (bicyclic) bond motifs is 6. The van der Waals surface area contributed by atoms with Gasteiger partial charge >= 0.3 is 0 Å². The third-order valence-corrected chi connectivity index (χ3v) is 12.9. The number of Topliss-reactive ketones (excluding diaryl/α,β-unsaturated/α-hetero) is 2. The van der Waals surface area contributed by atoms with Crippen LogP contribution in [0.5, 0.6) is 0 Å². The average Bonchev–Trinajstić information content (AvgIpc) is 3.43. The van der Waals surface area contributed by atoms with Crippen LogP contribution in [0.4, 0.5) is 0 Å². The zero-order chi connectivity index (χ0) is 29.4. The molecular formula is C37H47NO4. The van der Waals surface area contributed by atoms with E-state index in [1.807, 2.05) is 30.3 Å². The highest BCUT2D eigenvalue weighted by Crippen LogP contribution is 2.64. The zero-order valence-corrected chi connectivity index (χ0v) is 25.8. The summed E-state index contributed by atoms with van der Waals surface area (Å²) in [5, 5.41) is 0. The van der Waals surface area contributed by atoms with Gasteiger partial charge in [0.25, 0.3) is 0 Å². The Kier molecular flexibility index (Phi) is 7.01. The highest BCUT2D eigenvalue weighted by molar-refractivity contribution is 6.12. The molecule has 42 heavy (non-hydrogen) atoms. The van der Waals surface area contributed by atoms with Crippen LogP contribution in [0, 0.1) is 40.9 Å². The summed E-state index contributed by atoms with van der Waals surface area (Å²) >= 11 is 0. The average molecular weight is 570 g/mol. The largest absolute Gasteiger partial charge is 0.369 e. The van der Waals surface area contributed by atoms with Crippen molar-refractivity contribution < 1.29 is 19.1 Å². The van der Waals surface area contributed by atoms with Crippen molar-refractivity contribution >= 4 is 17.9 Å². The molecule has 10 atom stereocenters. The van der Waals surface area contributed by atoms with Gasteiger partial charge in [0, 0.05) is 30.5 Å². The number of rotatable bonds is 4. The molecule has 6 aliphatic rings. The lowest BCUT2D eigenvalue weighted by molar-refractivity contribution is -0.121. The molecule has 1 spiro atoms. The van der Waals surface area contributed by atoms with Gasteiger partial charge in [-0.15, -0.1) is 0 Å². The van der Waals surface area contributed by atoms with Crippen LogP contribution in [0.15, 0.2) is 53.1 Å². The maximum atomic E-state index is 13.3. The molecule has 0 amide bonds. The van der Waals surface area contributed by atoms with Gasteiger partial charge in [-0.05, 0) is 86.9 Å². The number of carbonyl (C=O) groups is 3. The van der Waals surface area contributed by atoms with Gasteiger partial charge in [-0.1, -0.05) is 68.3 Å². The molecule has 7 rings (SSSR count). The molecule has 5 nitrogen and oxygen atoms in total. The lowest BCUT2D eigenvalue weighted by Gasteiger charge is -2.50. The number of ether oxygens (including phenoxy) is 1. The summed E-state index contributed by atoms with van der Waals surface area (Å²) in [5.41, 5.74) is 4.13. The van der Waals surface area contributed by atoms with Crippen molar-refractivity contribution in [3.05, 3.63) is 58.7 Å². The van der Waals surface area contributed by atoms with E-state index < -0.39 is 0 Å². The van der Waals surface area contributed by atoms with Crippen LogP contribution in [0.2, 0.25) is 0 Å². The number of ketones is 2. The Hall–Kier alpha value is -2.37. The van der Waals surface area contributed by atoms with E-state index in [1.54, 1.807) is 5.57 Å². The third-order valence-electron chi connectivity index (χ3n) is 12.9. The van der Waals surface area contributed by atoms with E-state index in [0.29, 0.717) is 54.0 Å². The summed E-state index contributed by atoms with van der Waals surface area (Å²) in [4.78, 5) is 40.1. The first-order valence-corrected chi connectivity index (χ1v) is 16.5. The molecule has 2 aliphatic heterocycles. The molecule has 0 N–H and O–H groups in total. The van der Waals surface area contributed by atoms with Gasteiger partial charge in [0.15, 0.2) is 17.9 Å². The summed E-state index contributed by atoms with van der Waals surface area (Å²) in [7, 11) is 0. The molecule has 2 saturated heterocycles. The van der Waals surface area contributed by atoms with Crippen molar-refractivity contribution in [3.8, 4) is 0 Å². The minimum atomic E-state index is -0.173. The number of likely N-dealkylation sites (tertiary alicyclic amines) is 1. The first-order valence-electron chi connectivity index (χ1n) is 16.5. The van der Waals surface area contributed by atoms with E-state index in [4.69, 9.17) is 4.74 Å². The van der Waals surface area contributed by atoms with Crippen molar-refractivity contribution in [1.29, 1.82) is 0 Å². The summed E-state index contributed by atoms with van der Waals surface area (Å²) in [5.74, 6) is 3.17. The molecule has 2 saturated carbocycles. The summed E-state index contributed by atoms with van der Waals surface area (Å²) in [6, 6.07) is 10.0. The number of allylic oxidation sites excluding steroid dienone is 3. The number of benzene rings is 1. The maximum Gasteiger partial charge on any atom is 0.176 e. The molecule has 0 aromatic heterocycles. The molecular weight excluding hydrogens is 522 g/mol. The molecule has 0 radical (unpaired) electrons. The van der Waals surface area contributed by atoms with Crippen molar-refractivity contribution in [3.63, 3.8) is 0 Å². The van der Waals surface area contributed by atoms with Gasteiger partial charge in [-0.2, -0.15) is 0 Å². The number of hydrogen-bond donors (Lipinski definition) is 0. The normalized spacial score (nSPS) is 43.2. The minimum absolute atomic E-state index is 0.0399. The Morgan fingerprint density at radius 3 is 2.67 bits per heavy atom. The fraction of sp³-hybridized carbons (Fsp3) is 0.649. The Morgan fingerprint density at radius 1 is 1.12 bits per heavy atom. The number of piperidine rings is 1. The Bertz CT molecular complexity index is 1350. The van der Waals surface area contributed by atoms with Crippen LogP contribution in [0.25, 0.3) is 0 Å². The first kappa shape index (κ1) is 28.4. The SMILES string of the molecule is CC1=C2C[C@H]3[C@@H](CC[C@@H]4CC(=O)C(C=O)=C[C@@]43C)[C@@H]2CC[C@@]2(C1)O[C@@H]1C[C@H](C)CN(CC(=O)c3ccccc3)[C@H]1[C@H]2C. The van der Waals surface area contributed by atoms with Crippen molar-refractivity contribution in [1.82, 2.24) is 4.90 Å². The molecule has 4 fully saturated rings. The highest BCUT2D eigenvalue weighted by Gasteiger charge is 2.60. The van der Waals surface area contributed by atoms with Crippen LogP contribution in [-0.2, 0) is 14.3 Å². The lowest BCUT2D eigenvalue weighted by atomic mass is 9.53. The highest BCUT2D eigenvalue weighted by atomic mass is 16.5. The number of aldehydes is 1. The van der Waals surface area contributed by atoms with E-state index in [9.17, 15) is 14.4 Å². The second-order valence-corrected chi connectivity index (χ2v) is 15.1. The number of carbonyl (C=O) groups excluding carboxylic acids is 3. The maximum absolute atomic E-state index is 13.3. The molecule has 2 heterocycles. The van der Waals surface area contributed by atoms with Crippen LogP contribution in [0.3, 0.4) is 0 Å². The smallest absolute Gasteiger partial charge is 0.176 e. The second kappa shape index (κ2) is 10.4. The Balaban J connectivity index is 1.15. The Morgan fingerprint density at radius 2 is 1.90 bits per heavy atom. The molecule has 224 valence electrons. The van der Waals surface area contributed by atoms with Gasteiger partial charge in [0.2, 0.25) is 0 Å². The van der Waals surface area contributed by atoms with Crippen LogP contribution in [0.1, 0.15) is 89.4 Å². The Labute approximate surface area is 251 Å². The van der Waals surface area contributed by atoms with Gasteiger partial charge in [-0.25, -0.2) is 0 Å². The fourth-order valence-corrected chi connectivity index (χ4v) is 10.9. The van der Waals surface area contributed by atoms with E-state index >= 15 is 0 Å². The van der Waals surface area contributed by atoms with Gasteiger partial charge in [-0.3, -0.25) is 19.3 Å². The van der Waals surface area contributed by atoms with Gasteiger partial charge in [0.05, 0.1) is 23.8 Å². The van der Waals surface area contributed by atoms with Crippen LogP contribution >= 0.6 is 0 Å². The lowest BCUT2D eigenvalue weighted by Crippen LogP contribution is -2.53. The molecule has 4 aliphatic carbocycles. The fourth-order valence-electron chi connectivity index (χ4n) is 10.9. The van der Waals surface area contributed by atoms with Crippen molar-refractivity contribution in [2.24, 2.45) is 40.9 Å². The van der Waals surface area contributed by atoms with E-state index in [2.05, 4.69) is 38.7 Å². The molecule has 1 aromatic carbocycles. The van der Waals surface area contributed by atoms with E-state index in [0.717, 1.165) is 56.9 Å². The standard InChI is InChI=1S/C37H47NO4/c1-22-14-34-35(38(19-22)20-33(41)25-8-6-5-7-9-25)24(3)37(42-34)13-12-28-29-11-10-27-15-32(40)26(21-39)18-36(27,4)31(29)16-30(28)23(2)17-37/h5-9,18,21-22,24,27-29,31,34-35H,10-17,19-20H2,1-4H3/t22-,24+,27+,28-,29-,31-,34+,35-,36-,37-/m0/s1. The van der Waals surface area contributed by atoms with Crippen LogP contribution < -0.4 is 0 Å². The zero-order valence-electron chi connectivity index (χ0n) is 25.8. The second-order valence-electron chi connectivity index (χ2n) is 15.1. The monoisotopic (exact) mass is 569 g/mol. The van der Waals surface area contributed by atoms with Gasteiger partial charge in [0.1, 0.15) is 0 Å². The minimum Gasteiger partial charge on any atom is -0.369 e. The van der Waals surface area contributed by atoms with Gasteiger partial charge < -0.3 is 4.74 Å². The number of hydrogen-bond acceptors (Lipinski definition) is 5. The molecule has 0 unspecified atom stereocenters. The van der Waals surface area contributed by atoms with Crippen molar-refractivity contribution in [2.45, 2.75) is 96.8 Å². The quantitative estimate of drug-likeness (QED) is 0.177. The molecule has 1 aromatic rings. The predicted octanol–water partition coefficient (Wildman–Crippen LogP) is 6.62. The third kappa shape index (κ3) is 4.36. The van der Waals surface area contributed by atoms with E-state index in [-0.39, 0.29) is 34.7 Å².